The maximum Gasteiger partial charge on any atom is 0.278 e. The summed E-state index contributed by atoms with van der Waals surface area (Å²) in [6.45, 7) is 8.29. The molecule has 0 saturated heterocycles. The van der Waals surface area contributed by atoms with Crippen molar-refractivity contribution in [3.05, 3.63) is 33.4 Å². The van der Waals surface area contributed by atoms with Crippen LogP contribution in [0.2, 0.25) is 0 Å². The van der Waals surface area contributed by atoms with Crippen molar-refractivity contribution in [2.45, 2.75) is 46.2 Å². The number of carbonyl (C=O) groups is 1. The number of carbonyl (C=O) groups excluding carboxylic acids is 1. The Morgan fingerprint density at radius 1 is 1.25 bits per heavy atom. The van der Waals surface area contributed by atoms with E-state index in [0.717, 1.165) is 5.69 Å². The summed E-state index contributed by atoms with van der Waals surface area (Å²) < 4.78 is 1.44. The van der Waals surface area contributed by atoms with Crippen molar-refractivity contribution >= 4 is 11.6 Å². The van der Waals surface area contributed by atoms with Crippen molar-refractivity contribution in [1.29, 1.82) is 0 Å². The summed E-state index contributed by atoms with van der Waals surface area (Å²) in [5.41, 5.74) is 2.06. The lowest BCUT2D eigenvalue weighted by Gasteiger charge is -2.19. The lowest BCUT2D eigenvalue weighted by molar-refractivity contribution is 0.0726. The Bertz CT molecular complexity index is 754. The Labute approximate surface area is 116 Å². The molecule has 3 rings (SSSR count). The number of rotatable bonds is 2. The monoisotopic (exact) mass is 274 g/mol. The van der Waals surface area contributed by atoms with Gasteiger partial charge in [-0.3, -0.25) is 14.7 Å². The number of fused-ring (bicyclic) bond motifs is 2. The SMILES string of the molecule is CC(C)c1cc2nc3c(c(=O)n2[nH]1)CN(C(C)C)C3=O. The zero-order chi connectivity index (χ0) is 14.6. The standard InChI is InChI=1S/C14H18N4O2/c1-7(2)10-5-11-15-12-9(13(19)18(11)16-10)6-17(8(3)4)14(12)20/h5,7-8,16H,6H2,1-4H3. The molecule has 0 unspecified atom stereocenters. The van der Waals surface area contributed by atoms with Crippen LogP contribution in [-0.4, -0.2) is 31.4 Å². The van der Waals surface area contributed by atoms with Gasteiger partial charge >= 0.3 is 0 Å². The van der Waals surface area contributed by atoms with Gasteiger partial charge in [0.05, 0.1) is 12.1 Å². The Morgan fingerprint density at radius 2 is 1.95 bits per heavy atom. The second kappa shape index (κ2) is 4.19. The molecule has 2 aromatic rings. The molecule has 1 aliphatic heterocycles. The number of amides is 1. The number of H-pyrrole nitrogens is 1. The number of hydrogen-bond donors (Lipinski definition) is 1. The largest absolute Gasteiger partial charge is 0.330 e. The van der Waals surface area contributed by atoms with Crippen molar-refractivity contribution < 1.29 is 4.79 Å². The summed E-state index contributed by atoms with van der Waals surface area (Å²) in [7, 11) is 0. The normalized spacial score (nSPS) is 14.9. The molecule has 1 N–H and O–H groups in total. The minimum absolute atomic E-state index is 0.0608. The molecular weight excluding hydrogens is 256 g/mol. The van der Waals surface area contributed by atoms with Crippen LogP contribution in [-0.2, 0) is 6.54 Å². The smallest absolute Gasteiger partial charge is 0.278 e. The van der Waals surface area contributed by atoms with Crippen LogP contribution in [0, 0.1) is 0 Å². The highest BCUT2D eigenvalue weighted by Crippen LogP contribution is 2.22. The van der Waals surface area contributed by atoms with E-state index >= 15 is 0 Å². The van der Waals surface area contributed by atoms with E-state index in [1.807, 2.05) is 33.8 Å². The highest BCUT2D eigenvalue weighted by molar-refractivity contribution is 5.96. The third-order valence-corrected chi connectivity index (χ3v) is 3.77. The van der Waals surface area contributed by atoms with Gasteiger partial charge in [-0.1, -0.05) is 13.8 Å². The van der Waals surface area contributed by atoms with Crippen LogP contribution in [0.3, 0.4) is 0 Å². The predicted molar refractivity (Wildman–Crippen MR) is 74.9 cm³/mol. The van der Waals surface area contributed by atoms with Crippen LogP contribution in [0.4, 0.5) is 0 Å². The van der Waals surface area contributed by atoms with Crippen molar-refractivity contribution in [3.63, 3.8) is 0 Å². The van der Waals surface area contributed by atoms with E-state index < -0.39 is 0 Å². The average Bonchev–Trinajstić information content (AvgIpc) is 2.93. The summed E-state index contributed by atoms with van der Waals surface area (Å²) in [5, 5.41) is 3.06. The molecule has 0 aliphatic carbocycles. The topological polar surface area (TPSA) is 70.5 Å². The highest BCUT2D eigenvalue weighted by atomic mass is 16.2. The summed E-state index contributed by atoms with van der Waals surface area (Å²) in [4.78, 5) is 30.8. The van der Waals surface area contributed by atoms with Gasteiger partial charge < -0.3 is 4.90 Å². The van der Waals surface area contributed by atoms with E-state index in [0.29, 0.717) is 23.4 Å². The minimum atomic E-state index is -0.173. The van der Waals surface area contributed by atoms with Crippen molar-refractivity contribution in [3.8, 4) is 0 Å². The number of nitrogens with zero attached hydrogens (tertiary/aromatic N) is 3. The van der Waals surface area contributed by atoms with E-state index in [4.69, 9.17) is 0 Å². The fraction of sp³-hybridized carbons (Fsp3) is 0.500. The zero-order valence-electron chi connectivity index (χ0n) is 12.1. The first-order chi connectivity index (χ1) is 9.40. The fourth-order valence-electron chi connectivity index (χ4n) is 2.49. The van der Waals surface area contributed by atoms with Gasteiger partial charge in [0.2, 0.25) is 0 Å². The van der Waals surface area contributed by atoms with Gasteiger partial charge in [-0.05, 0) is 19.8 Å². The van der Waals surface area contributed by atoms with E-state index in [2.05, 4.69) is 10.1 Å². The van der Waals surface area contributed by atoms with Crippen LogP contribution in [0.15, 0.2) is 10.9 Å². The van der Waals surface area contributed by atoms with Gasteiger partial charge in [0, 0.05) is 17.8 Å². The number of aromatic amines is 1. The van der Waals surface area contributed by atoms with E-state index in [-0.39, 0.29) is 23.4 Å². The van der Waals surface area contributed by atoms with Crippen LogP contribution < -0.4 is 5.56 Å². The lowest BCUT2D eigenvalue weighted by atomic mass is 10.1. The third-order valence-electron chi connectivity index (χ3n) is 3.77. The predicted octanol–water partition coefficient (Wildman–Crippen LogP) is 1.51. The Hall–Kier alpha value is -2.11. The molecule has 0 spiro atoms. The molecule has 0 fully saturated rings. The molecule has 6 nitrogen and oxygen atoms in total. The summed E-state index contributed by atoms with van der Waals surface area (Å²) >= 11 is 0. The minimum Gasteiger partial charge on any atom is -0.330 e. The summed E-state index contributed by atoms with van der Waals surface area (Å²) in [6, 6.07) is 1.89. The Kier molecular flexibility index (Phi) is 2.70. The molecule has 1 amide bonds. The second-order valence-electron chi connectivity index (χ2n) is 5.83. The molecule has 6 heteroatoms. The summed E-state index contributed by atoms with van der Waals surface area (Å²) in [5.74, 6) is 0.121. The molecule has 1 aliphatic rings. The molecule has 0 bridgehead atoms. The first-order valence-corrected chi connectivity index (χ1v) is 6.85. The molecule has 3 heterocycles. The van der Waals surface area contributed by atoms with Crippen molar-refractivity contribution in [1.82, 2.24) is 19.5 Å². The molecule has 0 saturated carbocycles. The molecule has 106 valence electrons. The van der Waals surface area contributed by atoms with Gasteiger partial charge in [-0.2, -0.15) is 0 Å². The first kappa shape index (κ1) is 12.9. The highest BCUT2D eigenvalue weighted by Gasteiger charge is 2.34. The van der Waals surface area contributed by atoms with Crippen LogP contribution in [0.1, 0.15) is 55.4 Å². The van der Waals surface area contributed by atoms with Crippen LogP contribution >= 0.6 is 0 Å². The second-order valence-corrected chi connectivity index (χ2v) is 5.83. The fourth-order valence-corrected chi connectivity index (χ4v) is 2.49. The molecule has 20 heavy (non-hydrogen) atoms. The van der Waals surface area contributed by atoms with Gasteiger partial charge in [0.25, 0.3) is 11.5 Å². The van der Waals surface area contributed by atoms with E-state index in [1.54, 1.807) is 4.90 Å². The van der Waals surface area contributed by atoms with Gasteiger partial charge in [-0.25, -0.2) is 9.50 Å². The van der Waals surface area contributed by atoms with Gasteiger partial charge in [0.1, 0.15) is 5.69 Å². The quantitative estimate of drug-likeness (QED) is 0.902. The molecule has 0 aromatic carbocycles. The summed E-state index contributed by atoms with van der Waals surface area (Å²) in [6.07, 6.45) is 0. The maximum absolute atomic E-state index is 12.5. The Morgan fingerprint density at radius 3 is 2.55 bits per heavy atom. The zero-order valence-corrected chi connectivity index (χ0v) is 12.1. The van der Waals surface area contributed by atoms with Crippen LogP contribution in [0.5, 0.6) is 0 Å². The number of nitrogens with one attached hydrogen (secondary N) is 1. The van der Waals surface area contributed by atoms with Crippen molar-refractivity contribution in [2.24, 2.45) is 0 Å². The van der Waals surface area contributed by atoms with Gasteiger partial charge in [0.15, 0.2) is 5.65 Å². The lowest BCUT2D eigenvalue weighted by Crippen LogP contribution is -2.31. The van der Waals surface area contributed by atoms with E-state index in [9.17, 15) is 9.59 Å². The van der Waals surface area contributed by atoms with Crippen LogP contribution in [0.25, 0.3) is 5.65 Å². The third kappa shape index (κ3) is 1.67. The Balaban J connectivity index is 2.21. The average molecular weight is 274 g/mol. The maximum atomic E-state index is 12.5. The molecular formula is C14H18N4O2. The molecule has 0 radical (unpaired) electrons. The van der Waals surface area contributed by atoms with Gasteiger partial charge in [-0.15, -0.1) is 0 Å². The van der Waals surface area contributed by atoms with E-state index in [1.165, 1.54) is 4.52 Å². The number of aromatic nitrogens is 3. The molecule has 2 aromatic heterocycles. The van der Waals surface area contributed by atoms with Crippen molar-refractivity contribution in [2.75, 3.05) is 0 Å². The first-order valence-electron chi connectivity index (χ1n) is 6.85. The number of hydrogen-bond acceptors (Lipinski definition) is 3. The molecule has 0 atom stereocenters.